The molecular formula is C16H22FN3O. The molecule has 1 aromatic heterocycles. The highest BCUT2D eigenvalue weighted by Crippen LogP contribution is 2.27. The fourth-order valence-corrected chi connectivity index (χ4v) is 2.02. The van der Waals surface area contributed by atoms with Crippen molar-refractivity contribution in [2.75, 3.05) is 0 Å². The molecule has 1 atom stereocenters. The topological polar surface area (TPSA) is 53.1 Å². The number of aromatic nitrogens is 2. The second-order valence-corrected chi connectivity index (χ2v) is 5.48. The second-order valence-electron chi connectivity index (χ2n) is 5.48. The zero-order chi connectivity index (χ0) is 15.4. The number of benzene rings is 1. The Bertz CT molecular complexity index is 595. The van der Waals surface area contributed by atoms with Gasteiger partial charge in [-0.1, -0.05) is 6.92 Å². The lowest BCUT2D eigenvalue weighted by atomic mass is 10.0. The van der Waals surface area contributed by atoms with E-state index in [1.807, 2.05) is 31.6 Å². The van der Waals surface area contributed by atoms with Crippen molar-refractivity contribution in [3.8, 4) is 11.5 Å². The zero-order valence-electron chi connectivity index (χ0n) is 12.7. The van der Waals surface area contributed by atoms with Gasteiger partial charge in [0.1, 0.15) is 11.6 Å². The summed E-state index contributed by atoms with van der Waals surface area (Å²) in [6.45, 7) is 6.10. The zero-order valence-corrected chi connectivity index (χ0v) is 12.7. The average molecular weight is 291 g/mol. The summed E-state index contributed by atoms with van der Waals surface area (Å²) in [5, 5.41) is 4.23. The highest BCUT2D eigenvalue weighted by molar-refractivity contribution is 5.37. The van der Waals surface area contributed by atoms with Crippen molar-refractivity contribution in [1.82, 2.24) is 9.78 Å². The lowest BCUT2D eigenvalue weighted by molar-refractivity contribution is 0.465. The molecule has 0 fully saturated rings. The standard InChI is InChI=1S/C16H22FN3O/c1-4-14(18)8-12-7-13(17)5-6-16(12)21-15-9-19-20(10-15)11(2)3/h5-7,9-11,14H,4,8,18H2,1-3H3. The summed E-state index contributed by atoms with van der Waals surface area (Å²) >= 11 is 0. The number of halogens is 1. The minimum atomic E-state index is -0.279. The Morgan fingerprint density at radius 1 is 1.38 bits per heavy atom. The van der Waals surface area contributed by atoms with E-state index >= 15 is 0 Å². The van der Waals surface area contributed by atoms with Crippen molar-refractivity contribution in [2.24, 2.45) is 5.73 Å². The number of hydrogen-bond acceptors (Lipinski definition) is 3. The van der Waals surface area contributed by atoms with Gasteiger partial charge in [-0.2, -0.15) is 5.10 Å². The number of nitrogens with two attached hydrogens (primary N) is 1. The minimum absolute atomic E-state index is 0.00691. The van der Waals surface area contributed by atoms with E-state index in [1.165, 1.54) is 12.1 Å². The van der Waals surface area contributed by atoms with Gasteiger partial charge in [0.05, 0.1) is 12.4 Å². The molecule has 0 aliphatic carbocycles. The summed E-state index contributed by atoms with van der Waals surface area (Å²) in [7, 11) is 0. The monoisotopic (exact) mass is 291 g/mol. The fourth-order valence-electron chi connectivity index (χ4n) is 2.02. The molecule has 0 aliphatic heterocycles. The van der Waals surface area contributed by atoms with Gasteiger partial charge >= 0.3 is 0 Å². The molecule has 114 valence electrons. The van der Waals surface area contributed by atoms with Crippen LogP contribution >= 0.6 is 0 Å². The van der Waals surface area contributed by atoms with Crippen molar-refractivity contribution < 1.29 is 9.13 Å². The van der Waals surface area contributed by atoms with E-state index in [0.717, 1.165) is 12.0 Å². The quantitative estimate of drug-likeness (QED) is 0.883. The molecule has 4 nitrogen and oxygen atoms in total. The summed E-state index contributed by atoms with van der Waals surface area (Å²) in [5.41, 5.74) is 6.75. The van der Waals surface area contributed by atoms with Gasteiger partial charge in [-0.25, -0.2) is 4.39 Å². The molecule has 0 spiro atoms. The molecule has 1 heterocycles. The second kappa shape index (κ2) is 6.72. The van der Waals surface area contributed by atoms with E-state index in [9.17, 15) is 4.39 Å². The SMILES string of the molecule is CCC(N)Cc1cc(F)ccc1Oc1cnn(C(C)C)c1. The van der Waals surface area contributed by atoms with E-state index < -0.39 is 0 Å². The average Bonchev–Trinajstić information content (AvgIpc) is 2.90. The number of hydrogen-bond donors (Lipinski definition) is 1. The van der Waals surface area contributed by atoms with Crippen LogP contribution < -0.4 is 10.5 Å². The van der Waals surface area contributed by atoms with Gasteiger partial charge in [-0.3, -0.25) is 4.68 Å². The molecule has 1 unspecified atom stereocenters. The lowest BCUT2D eigenvalue weighted by Gasteiger charge is -2.13. The van der Waals surface area contributed by atoms with Crippen LogP contribution in [0.3, 0.4) is 0 Å². The first-order valence-corrected chi connectivity index (χ1v) is 7.25. The van der Waals surface area contributed by atoms with Gasteiger partial charge in [0.15, 0.2) is 5.75 Å². The molecule has 1 aromatic carbocycles. The maximum Gasteiger partial charge on any atom is 0.165 e. The Kier molecular flexibility index (Phi) is 4.96. The van der Waals surface area contributed by atoms with Gasteiger partial charge < -0.3 is 10.5 Å². The van der Waals surface area contributed by atoms with Crippen LogP contribution in [0, 0.1) is 5.82 Å². The molecule has 0 saturated carbocycles. The van der Waals surface area contributed by atoms with E-state index in [0.29, 0.717) is 17.9 Å². The van der Waals surface area contributed by atoms with Crippen LogP contribution in [0.1, 0.15) is 38.8 Å². The highest BCUT2D eigenvalue weighted by atomic mass is 19.1. The Balaban J connectivity index is 2.21. The summed E-state index contributed by atoms with van der Waals surface area (Å²) in [6, 6.07) is 4.77. The minimum Gasteiger partial charge on any atom is -0.454 e. The van der Waals surface area contributed by atoms with Crippen LogP contribution in [0.2, 0.25) is 0 Å². The third-order valence-corrected chi connectivity index (χ3v) is 3.36. The van der Waals surface area contributed by atoms with Gasteiger partial charge in [0, 0.05) is 12.1 Å². The van der Waals surface area contributed by atoms with Crippen molar-refractivity contribution in [3.05, 3.63) is 42.0 Å². The summed E-state index contributed by atoms with van der Waals surface area (Å²) in [6.07, 6.45) is 4.91. The predicted octanol–water partition coefficient (Wildman–Crippen LogP) is 3.68. The summed E-state index contributed by atoms with van der Waals surface area (Å²) in [5.74, 6) is 0.990. The Morgan fingerprint density at radius 2 is 2.14 bits per heavy atom. The highest BCUT2D eigenvalue weighted by Gasteiger charge is 2.11. The van der Waals surface area contributed by atoms with Gasteiger partial charge in [0.2, 0.25) is 0 Å². The summed E-state index contributed by atoms with van der Waals surface area (Å²) in [4.78, 5) is 0. The molecule has 0 radical (unpaired) electrons. The van der Waals surface area contributed by atoms with Crippen molar-refractivity contribution in [2.45, 2.75) is 45.7 Å². The molecule has 0 amide bonds. The Labute approximate surface area is 124 Å². The van der Waals surface area contributed by atoms with E-state index in [2.05, 4.69) is 5.10 Å². The molecule has 5 heteroatoms. The molecule has 0 bridgehead atoms. The molecule has 2 N–H and O–H groups in total. The molecular weight excluding hydrogens is 269 g/mol. The third-order valence-electron chi connectivity index (χ3n) is 3.36. The van der Waals surface area contributed by atoms with Crippen LogP contribution in [0.4, 0.5) is 4.39 Å². The Morgan fingerprint density at radius 3 is 2.76 bits per heavy atom. The van der Waals surface area contributed by atoms with Gasteiger partial charge in [0.25, 0.3) is 0 Å². The predicted molar refractivity (Wildman–Crippen MR) is 81.1 cm³/mol. The first-order valence-electron chi connectivity index (χ1n) is 7.25. The van der Waals surface area contributed by atoms with Crippen LogP contribution in [-0.4, -0.2) is 15.8 Å². The molecule has 2 aromatic rings. The number of rotatable bonds is 6. The largest absolute Gasteiger partial charge is 0.454 e. The lowest BCUT2D eigenvalue weighted by Crippen LogP contribution is -2.21. The summed E-state index contributed by atoms with van der Waals surface area (Å²) < 4.78 is 21.1. The van der Waals surface area contributed by atoms with Gasteiger partial charge in [-0.15, -0.1) is 0 Å². The van der Waals surface area contributed by atoms with E-state index in [4.69, 9.17) is 10.5 Å². The van der Waals surface area contributed by atoms with Crippen LogP contribution in [0.15, 0.2) is 30.6 Å². The van der Waals surface area contributed by atoms with Gasteiger partial charge in [-0.05, 0) is 50.5 Å². The Hall–Kier alpha value is -1.88. The first-order chi connectivity index (χ1) is 9.99. The molecule has 0 aliphatic rings. The first kappa shape index (κ1) is 15.5. The maximum absolute atomic E-state index is 13.4. The molecule has 2 rings (SSSR count). The van der Waals surface area contributed by atoms with Crippen molar-refractivity contribution >= 4 is 0 Å². The smallest absolute Gasteiger partial charge is 0.165 e. The fraction of sp³-hybridized carbons (Fsp3) is 0.438. The van der Waals surface area contributed by atoms with Crippen LogP contribution in [0.25, 0.3) is 0 Å². The van der Waals surface area contributed by atoms with Crippen molar-refractivity contribution in [3.63, 3.8) is 0 Å². The van der Waals surface area contributed by atoms with Crippen molar-refractivity contribution in [1.29, 1.82) is 0 Å². The molecule has 21 heavy (non-hydrogen) atoms. The van der Waals surface area contributed by atoms with E-state index in [1.54, 1.807) is 12.3 Å². The van der Waals surface area contributed by atoms with Crippen LogP contribution in [0.5, 0.6) is 11.5 Å². The van der Waals surface area contributed by atoms with E-state index in [-0.39, 0.29) is 17.9 Å². The number of nitrogens with zero attached hydrogens (tertiary/aromatic N) is 2. The normalized spacial score (nSPS) is 12.7. The maximum atomic E-state index is 13.4. The molecule has 0 saturated heterocycles. The number of ether oxygens (including phenoxy) is 1. The van der Waals surface area contributed by atoms with Crippen LogP contribution in [-0.2, 0) is 6.42 Å². The third kappa shape index (κ3) is 4.04.